The van der Waals surface area contributed by atoms with Crippen LogP contribution in [0.5, 0.6) is 5.75 Å². The van der Waals surface area contributed by atoms with Crippen molar-refractivity contribution in [1.29, 1.82) is 0 Å². The molecule has 5 nitrogen and oxygen atoms in total. The quantitative estimate of drug-likeness (QED) is 0.908. The lowest BCUT2D eigenvalue weighted by molar-refractivity contribution is -0.123. The summed E-state index contributed by atoms with van der Waals surface area (Å²) in [5, 5.41) is 6.63. The summed E-state index contributed by atoms with van der Waals surface area (Å²) in [6.45, 7) is 6.01. The fraction of sp³-hybridized carbons (Fsp3) is 0.333. The Morgan fingerprint density at radius 1 is 1.30 bits per heavy atom. The van der Waals surface area contributed by atoms with Crippen molar-refractivity contribution in [1.82, 2.24) is 10.5 Å². The lowest BCUT2D eigenvalue weighted by Gasteiger charge is -2.09. The first-order valence-electron chi connectivity index (χ1n) is 6.45. The van der Waals surface area contributed by atoms with Gasteiger partial charge >= 0.3 is 0 Å². The van der Waals surface area contributed by atoms with Crippen LogP contribution in [0.2, 0.25) is 0 Å². The molecule has 1 aromatic heterocycles. The fourth-order valence-corrected chi connectivity index (χ4v) is 1.85. The van der Waals surface area contributed by atoms with E-state index in [1.165, 1.54) is 0 Å². The number of rotatable bonds is 5. The Morgan fingerprint density at radius 2 is 2.05 bits per heavy atom. The van der Waals surface area contributed by atoms with E-state index in [-0.39, 0.29) is 12.5 Å². The van der Waals surface area contributed by atoms with Crippen LogP contribution in [0, 0.1) is 20.8 Å². The van der Waals surface area contributed by atoms with Gasteiger partial charge < -0.3 is 14.6 Å². The standard InChI is InChI=1S/C15H18N2O3/c1-10-6-4-5-7-14(10)19-9-15(18)16-8-13-11(2)17-20-12(13)3/h4-7H,8-9H2,1-3H3,(H,16,18). The third-order valence-corrected chi connectivity index (χ3v) is 3.10. The maximum Gasteiger partial charge on any atom is 0.258 e. The van der Waals surface area contributed by atoms with Gasteiger partial charge in [0, 0.05) is 12.1 Å². The van der Waals surface area contributed by atoms with Crippen molar-refractivity contribution in [3.63, 3.8) is 0 Å². The Labute approximate surface area is 117 Å². The average Bonchev–Trinajstić information content (AvgIpc) is 2.75. The van der Waals surface area contributed by atoms with Crippen molar-refractivity contribution in [2.24, 2.45) is 0 Å². The molecule has 1 heterocycles. The molecule has 0 saturated carbocycles. The van der Waals surface area contributed by atoms with Crippen molar-refractivity contribution in [2.75, 3.05) is 6.61 Å². The molecule has 1 N–H and O–H groups in total. The number of hydrogen-bond donors (Lipinski definition) is 1. The molecule has 0 radical (unpaired) electrons. The van der Waals surface area contributed by atoms with Crippen LogP contribution < -0.4 is 10.1 Å². The van der Waals surface area contributed by atoms with Crippen LogP contribution in [-0.2, 0) is 11.3 Å². The van der Waals surface area contributed by atoms with Gasteiger partial charge in [-0.25, -0.2) is 0 Å². The molecule has 2 rings (SSSR count). The van der Waals surface area contributed by atoms with Gasteiger partial charge in [0.05, 0.1) is 5.69 Å². The largest absolute Gasteiger partial charge is 0.484 e. The predicted molar refractivity (Wildman–Crippen MR) is 74.5 cm³/mol. The maximum absolute atomic E-state index is 11.8. The summed E-state index contributed by atoms with van der Waals surface area (Å²) in [5.74, 6) is 1.27. The minimum absolute atomic E-state index is 0.00573. The van der Waals surface area contributed by atoms with Gasteiger partial charge in [-0.3, -0.25) is 4.79 Å². The van der Waals surface area contributed by atoms with Gasteiger partial charge in [-0.1, -0.05) is 23.4 Å². The second-order valence-corrected chi connectivity index (χ2v) is 4.63. The van der Waals surface area contributed by atoms with Crippen molar-refractivity contribution in [3.05, 3.63) is 46.8 Å². The molecule has 0 aliphatic carbocycles. The second kappa shape index (κ2) is 6.23. The molecule has 106 valence electrons. The highest BCUT2D eigenvalue weighted by molar-refractivity contribution is 5.77. The Morgan fingerprint density at radius 3 is 2.70 bits per heavy atom. The van der Waals surface area contributed by atoms with Gasteiger partial charge in [0.1, 0.15) is 11.5 Å². The molecular formula is C15H18N2O3. The van der Waals surface area contributed by atoms with Gasteiger partial charge in [-0.15, -0.1) is 0 Å². The van der Waals surface area contributed by atoms with Gasteiger partial charge in [0.2, 0.25) is 0 Å². The number of carbonyl (C=O) groups is 1. The molecule has 0 bridgehead atoms. The SMILES string of the molecule is Cc1ccccc1OCC(=O)NCc1c(C)noc1C. The summed E-state index contributed by atoms with van der Waals surface area (Å²) in [5.41, 5.74) is 2.71. The predicted octanol–water partition coefficient (Wildman–Crippen LogP) is 2.30. The molecular weight excluding hydrogens is 256 g/mol. The highest BCUT2D eigenvalue weighted by Gasteiger charge is 2.10. The van der Waals surface area contributed by atoms with E-state index in [1.54, 1.807) is 0 Å². The monoisotopic (exact) mass is 274 g/mol. The number of benzene rings is 1. The molecule has 5 heteroatoms. The van der Waals surface area contributed by atoms with E-state index in [0.717, 1.165) is 28.3 Å². The van der Waals surface area contributed by atoms with Crippen molar-refractivity contribution >= 4 is 5.91 Å². The maximum atomic E-state index is 11.8. The molecule has 0 spiro atoms. The van der Waals surface area contributed by atoms with E-state index in [9.17, 15) is 4.79 Å². The second-order valence-electron chi connectivity index (χ2n) is 4.63. The van der Waals surface area contributed by atoms with E-state index in [4.69, 9.17) is 9.26 Å². The highest BCUT2D eigenvalue weighted by atomic mass is 16.5. The zero-order chi connectivity index (χ0) is 14.5. The first-order valence-corrected chi connectivity index (χ1v) is 6.45. The van der Waals surface area contributed by atoms with Gasteiger partial charge in [0.25, 0.3) is 5.91 Å². The Kier molecular flexibility index (Phi) is 4.40. The number of para-hydroxylation sites is 1. The number of aryl methyl sites for hydroxylation is 3. The highest BCUT2D eigenvalue weighted by Crippen LogP contribution is 2.16. The summed E-state index contributed by atoms with van der Waals surface area (Å²) >= 11 is 0. The van der Waals surface area contributed by atoms with Crippen LogP contribution in [0.4, 0.5) is 0 Å². The molecule has 1 aromatic carbocycles. The first-order chi connectivity index (χ1) is 9.58. The molecule has 0 atom stereocenters. The number of aromatic nitrogens is 1. The average molecular weight is 274 g/mol. The molecule has 0 saturated heterocycles. The van der Waals surface area contributed by atoms with Crippen molar-refractivity contribution in [3.8, 4) is 5.75 Å². The lowest BCUT2D eigenvalue weighted by Crippen LogP contribution is -2.28. The molecule has 1 amide bonds. The minimum atomic E-state index is -0.173. The first kappa shape index (κ1) is 14.1. The summed E-state index contributed by atoms with van der Waals surface area (Å²) in [4.78, 5) is 11.8. The van der Waals surface area contributed by atoms with E-state index < -0.39 is 0 Å². The summed E-state index contributed by atoms with van der Waals surface area (Å²) < 4.78 is 10.5. The summed E-state index contributed by atoms with van der Waals surface area (Å²) in [6, 6.07) is 7.60. The number of hydrogen-bond acceptors (Lipinski definition) is 4. The fourth-order valence-electron chi connectivity index (χ4n) is 1.85. The number of carbonyl (C=O) groups excluding carboxylic acids is 1. The van der Waals surface area contributed by atoms with E-state index in [2.05, 4.69) is 10.5 Å². The van der Waals surface area contributed by atoms with Gasteiger partial charge in [-0.2, -0.15) is 0 Å². The number of nitrogens with one attached hydrogen (secondary N) is 1. The molecule has 2 aromatic rings. The van der Waals surface area contributed by atoms with Crippen LogP contribution in [0.15, 0.2) is 28.8 Å². The Balaban J connectivity index is 1.83. The normalized spacial score (nSPS) is 10.3. The summed E-state index contributed by atoms with van der Waals surface area (Å²) in [6.07, 6.45) is 0. The zero-order valence-electron chi connectivity index (χ0n) is 11.9. The van der Waals surface area contributed by atoms with E-state index >= 15 is 0 Å². The smallest absolute Gasteiger partial charge is 0.258 e. The molecule has 0 aliphatic rings. The topological polar surface area (TPSA) is 64.4 Å². The minimum Gasteiger partial charge on any atom is -0.484 e. The molecule has 0 fully saturated rings. The van der Waals surface area contributed by atoms with Crippen LogP contribution in [-0.4, -0.2) is 17.7 Å². The van der Waals surface area contributed by atoms with Crippen molar-refractivity contribution < 1.29 is 14.1 Å². The lowest BCUT2D eigenvalue weighted by atomic mass is 10.2. The van der Waals surface area contributed by atoms with Gasteiger partial charge in [0.15, 0.2) is 6.61 Å². The number of amides is 1. The van der Waals surface area contributed by atoms with Crippen LogP contribution in [0.3, 0.4) is 0 Å². The van der Waals surface area contributed by atoms with Crippen LogP contribution in [0.1, 0.15) is 22.6 Å². The molecule has 0 aliphatic heterocycles. The zero-order valence-corrected chi connectivity index (χ0v) is 11.9. The van der Waals surface area contributed by atoms with E-state index in [0.29, 0.717) is 6.54 Å². The number of nitrogens with zero attached hydrogens (tertiary/aromatic N) is 1. The number of ether oxygens (including phenoxy) is 1. The van der Waals surface area contributed by atoms with Gasteiger partial charge in [-0.05, 0) is 32.4 Å². The molecule has 0 unspecified atom stereocenters. The van der Waals surface area contributed by atoms with E-state index in [1.807, 2.05) is 45.0 Å². The molecule has 20 heavy (non-hydrogen) atoms. The van der Waals surface area contributed by atoms with Crippen LogP contribution in [0.25, 0.3) is 0 Å². The third-order valence-electron chi connectivity index (χ3n) is 3.10. The Hall–Kier alpha value is -2.30. The Bertz CT molecular complexity index is 585. The van der Waals surface area contributed by atoms with Crippen LogP contribution >= 0.6 is 0 Å². The summed E-state index contributed by atoms with van der Waals surface area (Å²) in [7, 11) is 0. The third kappa shape index (κ3) is 3.38. The van der Waals surface area contributed by atoms with Crippen molar-refractivity contribution in [2.45, 2.75) is 27.3 Å².